The third kappa shape index (κ3) is 5.48. The lowest BCUT2D eigenvalue weighted by atomic mass is 10.3. The Labute approximate surface area is 109 Å². The zero-order chi connectivity index (χ0) is 14.3. The number of non-ortho nitro benzene ring substituents is 1. The van der Waals surface area contributed by atoms with Gasteiger partial charge in [-0.3, -0.25) is 14.9 Å². The van der Waals surface area contributed by atoms with E-state index in [1.807, 2.05) is 0 Å². The molecular weight excluding hydrogens is 252 g/mol. The Balaban J connectivity index is 2.42. The Morgan fingerprint density at radius 1 is 1.37 bits per heavy atom. The van der Waals surface area contributed by atoms with Crippen molar-refractivity contribution in [3.63, 3.8) is 0 Å². The number of amides is 3. The number of nitro benzene ring substituents is 1. The van der Waals surface area contributed by atoms with Crippen molar-refractivity contribution in [2.75, 3.05) is 11.9 Å². The molecule has 0 fully saturated rings. The number of benzene rings is 1. The first-order valence-electron chi connectivity index (χ1n) is 5.56. The molecule has 8 nitrogen and oxygen atoms in total. The van der Waals surface area contributed by atoms with Gasteiger partial charge in [0.05, 0.1) is 4.92 Å². The summed E-state index contributed by atoms with van der Waals surface area (Å²) in [6.07, 6.45) is 0.634. The minimum absolute atomic E-state index is 0.105. The maximum Gasteiger partial charge on any atom is 0.319 e. The topological polar surface area (TPSA) is 127 Å². The van der Waals surface area contributed by atoms with E-state index < -0.39 is 16.9 Å². The maximum absolute atomic E-state index is 11.4. The normalized spacial score (nSPS) is 9.68. The molecule has 0 aliphatic rings. The van der Waals surface area contributed by atoms with Crippen LogP contribution in [0.1, 0.15) is 12.8 Å². The zero-order valence-electron chi connectivity index (χ0n) is 10.1. The van der Waals surface area contributed by atoms with Gasteiger partial charge in [0.2, 0.25) is 5.91 Å². The molecule has 0 atom stereocenters. The summed E-state index contributed by atoms with van der Waals surface area (Å²) in [6.45, 7) is 0.295. The lowest BCUT2D eigenvalue weighted by molar-refractivity contribution is -0.384. The second-order valence-corrected chi connectivity index (χ2v) is 3.76. The first-order chi connectivity index (χ1) is 8.99. The van der Waals surface area contributed by atoms with Crippen LogP contribution in [0.3, 0.4) is 0 Å². The molecule has 0 aliphatic heterocycles. The number of urea groups is 1. The molecule has 0 radical (unpaired) electrons. The molecule has 0 heterocycles. The number of nitro groups is 1. The number of hydrogen-bond donors (Lipinski definition) is 3. The number of hydrogen-bond acceptors (Lipinski definition) is 4. The minimum Gasteiger partial charge on any atom is -0.370 e. The number of carbonyl (C=O) groups excluding carboxylic acids is 2. The van der Waals surface area contributed by atoms with Gasteiger partial charge in [0.1, 0.15) is 0 Å². The fraction of sp³-hybridized carbons (Fsp3) is 0.273. The summed E-state index contributed by atoms with van der Waals surface area (Å²) in [5, 5.41) is 15.5. The quantitative estimate of drug-likeness (QED) is 0.403. The van der Waals surface area contributed by atoms with E-state index in [9.17, 15) is 19.7 Å². The number of anilines is 1. The van der Waals surface area contributed by atoms with Gasteiger partial charge in [-0.25, -0.2) is 4.79 Å². The molecule has 3 amide bonds. The van der Waals surface area contributed by atoms with Crippen molar-refractivity contribution in [3.05, 3.63) is 34.4 Å². The predicted molar refractivity (Wildman–Crippen MR) is 68.5 cm³/mol. The Morgan fingerprint density at radius 2 is 2.11 bits per heavy atom. The van der Waals surface area contributed by atoms with Crippen molar-refractivity contribution in [1.82, 2.24) is 5.32 Å². The van der Waals surface area contributed by atoms with Gasteiger partial charge in [0.15, 0.2) is 0 Å². The molecular formula is C11H14N4O4. The molecule has 0 saturated heterocycles. The number of primary amides is 1. The van der Waals surface area contributed by atoms with E-state index in [2.05, 4.69) is 10.6 Å². The summed E-state index contributed by atoms with van der Waals surface area (Å²) >= 11 is 0. The van der Waals surface area contributed by atoms with Crippen molar-refractivity contribution in [2.45, 2.75) is 12.8 Å². The summed E-state index contributed by atoms with van der Waals surface area (Å²) < 4.78 is 0. The molecule has 0 spiro atoms. The molecule has 8 heteroatoms. The van der Waals surface area contributed by atoms with Gasteiger partial charge in [0, 0.05) is 30.8 Å². The van der Waals surface area contributed by atoms with Crippen LogP contribution in [0.25, 0.3) is 0 Å². The van der Waals surface area contributed by atoms with E-state index in [0.717, 1.165) is 0 Å². The standard InChI is InChI=1S/C11H14N4O4/c12-10(16)5-2-6-13-11(17)14-8-3-1-4-9(7-8)15(18)19/h1,3-4,7H,2,5-6H2,(H2,12,16)(H2,13,14,17). The highest BCUT2D eigenvalue weighted by Gasteiger charge is 2.07. The van der Waals surface area contributed by atoms with E-state index >= 15 is 0 Å². The van der Waals surface area contributed by atoms with Gasteiger partial charge in [-0.1, -0.05) is 6.07 Å². The average Bonchev–Trinajstić information content (AvgIpc) is 2.34. The van der Waals surface area contributed by atoms with Crippen molar-refractivity contribution >= 4 is 23.3 Å². The minimum atomic E-state index is -0.546. The first-order valence-corrected chi connectivity index (χ1v) is 5.56. The summed E-state index contributed by atoms with van der Waals surface area (Å²) in [4.78, 5) is 31.9. The van der Waals surface area contributed by atoms with Crippen LogP contribution in [-0.2, 0) is 4.79 Å². The number of nitrogens with two attached hydrogens (primary N) is 1. The van der Waals surface area contributed by atoms with E-state index in [1.54, 1.807) is 0 Å². The van der Waals surface area contributed by atoms with Gasteiger partial charge in [-0.15, -0.1) is 0 Å². The Hall–Kier alpha value is -2.64. The molecule has 0 bridgehead atoms. The van der Waals surface area contributed by atoms with Crippen LogP contribution >= 0.6 is 0 Å². The van der Waals surface area contributed by atoms with Crippen LogP contribution in [0.15, 0.2) is 24.3 Å². The van der Waals surface area contributed by atoms with Crippen molar-refractivity contribution < 1.29 is 14.5 Å². The molecule has 1 rings (SSSR count). The third-order valence-electron chi connectivity index (χ3n) is 2.20. The fourth-order valence-corrected chi connectivity index (χ4v) is 1.34. The molecule has 0 saturated carbocycles. The summed E-state index contributed by atoms with van der Waals surface area (Å²) in [6, 6.07) is 5.10. The molecule has 0 unspecified atom stereocenters. The molecule has 1 aromatic rings. The lowest BCUT2D eigenvalue weighted by Crippen LogP contribution is -2.30. The lowest BCUT2D eigenvalue weighted by Gasteiger charge is -2.06. The molecule has 0 aromatic heterocycles. The molecule has 0 aliphatic carbocycles. The van der Waals surface area contributed by atoms with Gasteiger partial charge >= 0.3 is 6.03 Å². The number of carbonyl (C=O) groups is 2. The fourth-order valence-electron chi connectivity index (χ4n) is 1.34. The predicted octanol–water partition coefficient (Wildman–Crippen LogP) is 0.982. The second-order valence-electron chi connectivity index (χ2n) is 3.76. The molecule has 4 N–H and O–H groups in total. The molecule has 1 aromatic carbocycles. The monoisotopic (exact) mass is 266 g/mol. The summed E-state index contributed by atoms with van der Waals surface area (Å²) in [5.41, 5.74) is 5.16. The van der Waals surface area contributed by atoms with E-state index in [-0.39, 0.29) is 12.1 Å². The van der Waals surface area contributed by atoms with Crippen LogP contribution in [-0.4, -0.2) is 23.4 Å². The van der Waals surface area contributed by atoms with Crippen molar-refractivity contribution in [2.24, 2.45) is 5.73 Å². The van der Waals surface area contributed by atoms with Gasteiger partial charge in [-0.2, -0.15) is 0 Å². The Morgan fingerprint density at radius 3 is 2.74 bits per heavy atom. The average molecular weight is 266 g/mol. The highest BCUT2D eigenvalue weighted by Crippen LogP contribution is 2.16. The van der Waals surface area contributed by atoms with Gasteiger partial charge in [0.25, 0.3) is 5.69 Å². The highest BCUT2D eigenvalue weighted by atomic mass is 16.6. The summed E-state index contributed by atoms with van der Waals surface area (Å²) in [5.74, 6) is -0.430. The zero-order valence-corrected chi connectivity index (χ0v) is 10.1. The maximum atomic E-state index is 11.4. The number of rotatable bonds is 6. The number of nitrogens with one attached hydrogen (secondary N) is 2. The Kier molecular flexibility index (Phi) is 5.27. The second kappa shape index (κ2) is 6.94. The largest absolute Gasteiger partial charge is 0.370 e. The summed E-state index contributed by atoms with van der Waals surface area (Å²) in [7, 11) is 0. The van der Waals surface area contributed by atoms with Crippen LogP contribution in [0, 0.1) is 10.1 Å². The highest BCUT2D eigenvalue weighted by molar-refractivity contribution is 5.89. The third-order valence-corrected chi connectivity index (χ3v) is 2.20. The van der Waals surface area contributed by atoms with Crippen LogP contribution < -0.4 is 16.4 Å². The van der Waals surface area contributed by atoms with E-state index in [0.29, 0.717) is 18.7 Å². The van der Waals surface area contributed by atoms with Gasteiger partial charge < -0.3 is 16.4 Å². The SMILES string of the molecule is NC(=O)CCCNC(=O)Nc1cccc([N+](=O)[O-])c1. The van der Waals surface area contributed by atoms with Crippen molar-refractivity contribution in [1.29, 1.82) is 0 Å². The first kappa shape index (κ1) is 14.4. The van der Waals surface area contributed by atoms with E-state index in [1.165, 1.54) is 24.3 Å². The smallest absolute Gasteiger partial charge is 0.319 e. The Bertz CT molecular complexity index is 489. The van der Waals surface area contributed by atoms with Gasteiger partial charge in [-0.05, 0) is 12.5 Å². The van der Waals surface area contributed by atoms with Crippen molar-refractivity contribution in [3.8, 4) is 0 Å². The molecule has 102 valence electrons. The van der Waals surface area contributed by atoms with Crippen LogP contribution in [0.5, 0.6) is 0 Å². The number of nitrogens with zero attached hydrogens (tertiary/aromatic N) is 1. The van der Waals surface area contributed by atoms with E-state index in [4.69, 9.17) is 5.73 Å². The van der Waals surface area contributed by atoms with Crippen LogP contribution in [0.2, 0.25) is 0 Å². The molecule has 19 heavy (non-hydrogen) atoms. The van der Waals surface area contributed by atoms with Crippen LogP contribution in [0.4, 0.5) is 16.2 Å².